The lowest BCUT2D eigenvalue weighted by Gasteiger charge is -2.01. The molecule has 0 atom stereocenters. The number of nitrogens with zero attached hydrogens (tertiary/aromatic N) is 3. The Bertz CT molecular complexity index is 705. The highest BCUT2D eigenvalue weighted by atomic mass is 35.5. The van der Waals surface area contributed by atoms with E-state index in [1.165, 1.54) is 4.88 Å². The first-order chi connectivity index (χ1) is 10.6. The zero-order chi connectivity index (χ0) is 17.6. The van der Waals surface area contributed by atoms with Gasteiger partial charge in [0.05, 0.1) is 10.4 Å². The van der Waals surface area contributed by atoms with Crippen molar-refractivity contribution >= 4 is 49.8 Å². The molecule has 0 radical (unpaired) electrons. The van der Waals surface area contributed by atoms with Crippen LogP contribution in [0.4, 0.5) is 5.82 Å². The number of aliphatic hydroxyl groups is 1. The number of anilines is 1. The van der Waals surface area contributed by atoms with Crippen molar-refractivity contribution in [2.45, 2.75) is 26.8 Å². The maximum Gasteiger partial charge on any atom is 0.466 e. The molecule has 0 aliphatic heterocycles. The molecule has 0 saturated carbocycles. The summed E-state index contributed by atoms with van der Waals surface area (Å²) in [5.74, 6) is 1.22. The summed E-state index contributed by atoms with van der Waals surface area (Å²) in [5, 5.41) is 8.98. The van der Waals surface area contributed by atoms with Crippen molar-refractivity contribution in [2.24, 2.45) is 0 Å². The van der Waals surface area contributed by atoms with Crippen LogP contribution in [0.5, 0.6) is 0 Å². The Balaban J connectivity index is 0. The average molecular weight is 436 g/mol. The standard InChI is InChI=1S/C12H17N4OS.2ClH.H3O4P/c1-8-11(3-4-17)18-7-16(8)6-10-5-14-9(2)15-12(10)13;;;1-5(2,3)4/h5,7,17H,3-4,6H2,1-2H3,(H2,13,14,15);2*1H;(H3,1,2,3,4)/q+1;;;. The molecule has 6 N–H and O–H groups in total. The van der Waals surface area contributed by atoms with Crippen LogP contribution in [0.15, 0.2) is 11.7 Å². The van der Waals surface area contributed by atoms with Gasteiger partial charge in [-0.15, -0.1) is 24.8 Å². The lowest BCUT2D eigenvalue weighted by Crippen LogP contribution is -2.35. The molecule has 0 spiro atoms. The smallest absolute Gasteiger partial charge is 0.396 e. The van der Waals surface area contributed by atoms with Gasteiger partial charge in [-0.2, -0.15) is 4.57 Å². The zero-order valence-electron chi connectivity index (χ0n) is 13.6. The number of thiazole rings is 1. The molecule has 2 rings (SSSR count). The maximum absolute atomic E-state index is 8.98. The quantitative estimate of drug-likeness (QED) is 0.344. The molecule has 0 unspecified atom stereocenters. The Kier molecular flexibility index (Phi) is 12.4. The third kappa shape index (κ3) is 10.0. The first-order valence-electron chi connectivity index (χ1n) is 6.55. The van der Waals surface area contributed by atoms with E-state index in [1.807, 2.05) is 19.4 Å². The molecule has 0 aliphatic rings. The van der Waals surface area contributed by atoms with Gasteiger partial charge in [-0.3, -0.25) is 0 Å². The van der Waals surface area contributed by atoms with Crippen molar-refractivity contribution in [3.63, 3.8) is 0 Å². The summed E-state index contributed by atoms with van der Waals surface area (Å²) in [6.45, 7) is 4.71. The van der Waals surface area contributed by atoms with E-state index in [-0.39, 0.29) is 31.4 Å². The van der Waals surface area contributed by atoms with Gasteiger partial charge < -0.3 is 25.5 Å². The predicted octanol–water partition coefficient (Wildman–Crippen LogP) is 0.523. The molecule has 0 aliphatic carbocycles. The molecule has 25 heavy (non-hydrogen) atoms. The summed E-state index contributed by atoms with van der Waals surface area (Å²) in [5.41, 5.74) is 10.0. The monoisotopic (exact) mass is 435 g/mol. The molecule has 0 amide bonds. The Morgan fingerprint density at radius 2 is 1.84 bits per heavy atom. The highest BCUT2D eigenvalue weighted by molar-refractivity contribution is 7.45. The number of nitrogens with two attached hydrogens (primary N) is 1. The summed E-state index contributed by atoms with van der Waals surface area (Å²) >= 11 is 1.65. The minimum Gasteiger partial charge on any atom is -0.396 e. The van der Waals surface area contributed by atoms with E-state index in [0.29, 0.717) is 24.6 Å². The maximum atomic E-state index is 8.98. The van der Waals surface area contributed by atoms with Gasteiger partial charge in [0.1, 0.15) is 11.6 Å². The number of hydrogen-bond donors (Lipinski definition) is 5. The van der Waals surface area contributed by atoms with Crippen LogP contribution in [0.25, 0.3) is 0 Å². The van der Waals surface area contributed by atoms with Gasteiger partial charge in [0.2, 0.25) is 5.51 Å². The third-order valence-corrected chi connectivity index (χ3v) is 4.00. The van der Waals surface area contributed by atoms with E-state index in [2.05, 4.69) is 14.5 Å². The molecule has 13 heteroatoms. The molecule has 0 saturated heterocycles. The second-order valence-electron chi connectivity index (χ2n) is 4.67. The van der Waals surface area contributed by atoms with Crippen molar-refractivity contribution in [2.75, 3.05) is 12.3 Å². The van der Waals surface area contributed by atoms with Crippen LogP contribution in [-0.2, 0) is 17.5 Å². The van der Waals surface area contributed by atoms with Crippen molar-refractivity contribution in [3.05, 3.63) is 33.7 Å². The van der Waals surface area contributed by atoms with E-state index in [9.17, 15) is 0 Å². The number of aliphatic hydroxyl groups excluding tert-OH is 1. The lowest BCUT2D eigenvalue weighted by molar-refractivity contribution is -0.689. The summed E-state index contributed by atoms with van der Waals surface area (Å²) in [7, 11) is -4.64. The Morgan fingerprint density at radius 3 is 2.32 bits per heavy atom. The minimum absolute atomic E-state index is 0. The van der Waals surface area contributed by atoms with Crippen molar-refractivity contribution in [3.8, 4) is 0 Å². The second-order valence-corrected chi connectivity index (χ2v) is 6.64. The Hall–Kier alpha value is -0.840. The van der Waals surface area contributed by atoms with E-state index in [4.69, 9.17) is 30.1 Å². The number of phosphoric acid groups is 1. The fourth-order valence-corrected chi connectivity index (χ4v) is 2.75. The summed E-state index contributed by atoms with van der Waals surface area (Å²) in [4.78, 5) is 31.1. The fraction of sp³-hybridized carbons (Fsp3) is 0.417. The van der Waals surface area contributed by atoms with Crippen molar-refractivity contribution in [1.82, 2.24) is 9.97 Å². The van der Waals surface area contributed by atoms with Crippen LogP contribution >= 0.6 is 44.0 Å². The zero-order valence-corrected chi connectivity index (χ0v) is 16.9. The van der Waals surface area contributed by atoms with Crippen LogP contribution in [0.1, 0.15) is 22.0 Å². The van der Waals surface area contributed by atoms with Crippen molar-refractivity contribution in [1.29, 1.82) is 0 Å². The predicted molar refractivity (Wildman–Crippen MR) is 99.1 cm³/mol. The van der Waals surface area contributed by atoms with E-state index in [0.717, 1.165) is 11.3 Å². The largest absolute Gasteiger partial charge is 0.466 e. The highest BCUT2D eigenvalue weighted by Gasteiger charge is 2.16. The average Bonchev–Trinajstić information content (AvgIpc) is 2.73. The van der Waals surface area contributed by atoms with Gasteiger partial charge in [-0.25, -0.2) is 14.5 Å². The normalized spacial score (nSPS) is 10.2. The molecule has 2 aromatic heterocycles. The second kappa shape index (κ2) is 11.7. The molecule has 0 aromatic carbocycles. The molecule has 0 bridgehead atoms. The van der Waals surface area contributed by atoms with Crippen LogP contribution in [0, 0.1) is 13.8 Å². The van der Waals surface area contributed by atoms with Crippen LogP contribution in [0.3, 0.4) is 0 Å². The SMILES string of the molecule is Cc1ncc(C[n+]2csc(CCO)c2C)c(N)n1.Cl.Cl.O=P(O)(O)O. The van der Waals surface area contributed by atoms with Gasteiger partial charge in [0.15, 0.2) is 12.2 Å². The third-order valence-electron chi connectivity index (χ3n) is 2.85. The molecule has 2 heterocycles. The van der Waals surface area contributed by atoms with Gasteiger partial charge >= 0.3 is 7.82 Å². The minimum atomic E-state index is -4.64. The topological polar surface area (TPSA) is 154 Å². The van der Waals surface area contributed by atoms with E-state index >= 15 is 0 Å². The molecule has 2 aromatic rings. The molecule has 0 fully saturated rings. The van der Waals surface area contributed by atoms with Gasteiger partial charge in [-0.1, -0.05) is 11.3 Å². The first kappa shape index (κ1) is 26.4. The van der Waals surface area contributed by atoms with Gasteiger partial charge in [0.25, 0.3) is 0 Å². The van der Waals surface area contributed by atoms with Crippen molar-refractivity contribution < 1.29 is 28.9 Å². The summed E-state index contributed by atoms with van der Waals surface area (Å²) < 4.78 is 11.0. The molecule has 9 nitrogen and oxygen atoms in total. The van der Waals surface area contributed by atoms with Crippen LogP contribution < -0.4 is 10.3 Å². The number of hydrogen-bond acceptors (Lipinski definition) is 6. The Morgan fingerprint density at radius 1 is 1.28 bits per heavy atom. The van der Waals surface area contributed by atoms with E-state index < -0.39 is 7.82 Å². The lowest BCUT2D eigenvalue weighted by atomic mass is 10.2. The number of nitrogen functional groups attached to an aromatic ring is 1. The van der Waals surface area contributed by atoms with Gasteiger partial charge in [-0.05, 0) is 6.92 Å². The fourth-order valence-electron chi connectivity index (χ4n) is 1.77. The number of aromatic nitrogens is 3. The molecular formula is C12H22Cl2N4O5PS+. The number of rotatable bonds is 4. The summed E-state index contributed by atoms with van der Waals surface area (Å²) in [6.07, 6.45) is 2.47. The van der Waals surface area contributed by atoms with E-state index in [1.54, 1.807) is 17.5 Å². The highest BCUT2D eigenvalue weighted by Crippen LogP contribution is 2.25. The van der Waals surface area contributed by atoms with Crippen LogP contribution in [-0.4, -0.2) is 36.4 Å². The molecule has 144 valence electrons. The molecular weight excluding hydrogens is 414 g/mol. The number of halogens is 2. The van der Waals surface area contributed by atoms with Crippen LogP contribution in [0.2, 0.25) is 0 Å². The summed E-state index contributed by atoms with van der Waals surface area (Å²) in [6, 6.07) is 0. The number of aryl methyl sites for hydroxylation is 1. The first-order valence-corrected chi connectivity index (χ1v) is 8.99. The van der Waals surface area contributed by atoms with Gasteiger partial charge in [0, 0.05) is 26.1 Å². The Labute approximate surface area is 161 Å².